The van der Waals surface area contributed by atoms with Gasteiger partial charge in [-0.05, 0) is 36.8 Å². The first-order chi connectivity index (χ1) is 12.6. The molecule has 0 bridgehead atoms. The third-order valence-corrected chi connectivity index (χ3v) is 4.14. The maximum Gasteiger partial charge on any atom is 0.252 e. The fourth-order valence-electron chi connectivity index (χ4n) is 2.34. The van der Waals surface area contributed by atoms with Crippen molar-refractivity contribution in [2.45, 2.75) is 13.5 Å². The number of nitrogens with one attached hydrogen (secondary N) is 2. The lowest BCUT2D eigenvalue weighted by Crippen LogP contribution is -2.39. The van der Waals surface area contributed by atoms with Crippen LogP contribution in [0.15, 0.2) is 58.3 Å². The summed E-state index contributed by atoms with van der Waals surface area (Å²) in [5.74, 6) is 0.674. The summed E-state index contributed by atoms with van der Waals surface area (Å²) in [7, 11) is 2.00. The highest BCUT2D eigenvalue weighted by Gasteiger charge is 2.07. The van der Waals surface area contributed by atoms with Crippen molar-refractivity contribution in [2.75, 3.05) is 26.7 Å². The standard InChI is InChI=1S/C19H24BrN5O.HI/c1-3-22-19(25(2)14-15-6-8-17(20)9-7-15)24-12-11-23-18(26)16-5-4-10-21-13-16;/h4-10,13H,3,11-12,14H2,1-2H3,(H,22,24)(H,23,26);1H. The smallest absolute Gasteiger partial charge is 0.252 e. The summed E-state index contributed by atoms with van der Waals surface area (Å²) in [5.41, 5.74) is 1.75. The zero-order valence-corrected chi connectivity index (χ0v) is 19.4. The molecule has 2 N–H and O–H groups in total. The Bertz CT molecular complexity index is 725. The largest absolute Gasteiger partial charge is 0.357 e. The Kier molecular flexibility index (Phi) is 11.0. The van der Waals surface area contributed by atoms with E-state index in [2.05, 4.69) is 53.6 Å². The third kappa shape index (κ3) is 8.25. The molecule has 1 amide bonds. The topological polar surface area (TPSA) is 69.6 Å². The van der Waals surface area contributed by atoms with Gasteiger partial charge in [0.2, 0.25) is 0 Å². The van der Waals surface area contributed by atoms with Gasteiger partial charge in [0.15, 0.2) is 5.96 Å². The summed E-state index contributed by atoms with van der Waals surface area (Å²) in [6.45, 7) is 4.54. The van der Waals surface area contributed by atoms with Gasteiger partial charge in [0.05, 0.1) is 12.1 Å². The molecule has 2 rings (SSSR count). The molecule has 0 aliphatic rings. The number of pyridine rings is 1. The number of halogens is 2. The highest BCUT2D eigenvalue weighted by molar-refractivity contribution is 14.0. The minimum Gasteiger partial charge on any atom is -0.357 e. The molecule has 0 fully saturated rings. The van der Waals surface area contributed by atoms with Crippen LogP contribution in [0.4, 0.5) is 0 Å². The number of hydrogen-bond donors (Lipinski definition) is 2. The van der Waals surface area contributed by atoms with Gasteiger partial charge < -0.3 is 15.5 Å². The second kappa shape index (κ2) is 12.7. The van der Waals surface area contributed by atoms with Gasteiger partial charge in [-0.25, -0.2) is 0 Å². The molecule has 0 aliphatic carbocycles. The van der Waals surface area contributed by atoms with Crippen molar-refractivity contribution in [1.29, 1.82) is 0 Å². The normalized spacial score (nSPS) is 10.7. The van der Waals surface area contributed by atoms with Gasteiger partial charge in [0.1, 0.15) is 0 Å². The molecule has 27 heavy (non-hydrogen) atoms. The predicted octanol–water partition coefficient (Wildman–Crippen LogP) is 3.29. The molecule has 0 unspecified atom stereocenters. The number of aliphatic imine (C=N–C) groups is 1. The van der Waals surface area contributed by atoms with Crippen LogP contribution >= 0.6 is 39.9 Å². The number of rotatable bonds is 7. The first kappa shape index (κ1) is 23.4. The molecule has 146 valence electrons. The van der Waals surface area contributed by atoms with Gasteiger partial charge in [-0.3, -0.25) is 14.8 Å². The van der Waals surface area contributed by atoms with E-state index in [4.69, 9.17) is 0 Å². The van der Waals surface area contributed by atoms with Gasteiger partial charge in [-0.1, -0.05) is 28.1 Å². The second-order valence-electron chi connectivity index (χ2n) is 5.72. The molecule has 1 heterocycles. The number of aromatic nitrogens is 1. The Labute approximate surface area is 186 Å². The lowest BCUT2D eigenvalue weighted by Gasteiger charge is -2.22. The van der Waals surface area contributed by atoms with E-state index in [9.17, 15) is 4.79 Å². The minimum atomic E-state index is -0.137. The number of guanidine groups is 1. The minimum absolute atomic E-state index is 0. The fraction of sp³-hybridized carbons (Fsp3) is 0.316. The van der Waals surface area contributed by atoms with Crippen molar-refractivity contribution < 1.29 is 4.79 Å². The van der Waals surface area contributed by atoms with Crippen LogP contribution in [-0.4, -0.2) is 48.4 Å². The zero-order valence-electron chi connectivity index (χ0n) is 15.5. The molecule has 8 heteroatoms. The van der Waals surface area contributed by atoms with Gasteiger partial charge in [-0.2, -0.15) is 0 Å². The monoisotopic (exact) mass is 545 g/mol. The van der Waals surface area contributed by atoms with Crippen molar-refractivity contribution in [2.24, 2.45) is 4.99 Å². The van der Waals surface area contributed by atoms with Gasteiger partial charge in [0, 0.05) is 43.5 Å². The third-order valence-electron chi connectivity index (χ3n) is 3.61. The van der Waals surface area contributed by atoms with Crippen molar-refractivity contribution >= 4 is 51.8 Å². The van der Waals surface area contributed by atoms with Gasteiger partial charge in [0.25, 0.3) is 5.91 Å². The Balaban J connectivity index is 0.00000364. The average molecular weight is 546 g/mol. The van der Waals surface area contributed by atoms with Crippen LogP contribution in [0.3, 0.4) is 0 Å². The molecule has 0 saturated heterocycles. The maximum absolute atomic E-state index is 12.0. The molecule has 2 aromatic rings. The summed E-state index contributed by atoms with van der Waals surface area (Å²) in [4.78, 5) is 22.6. The van der Waals surface area contributed by atoms with Crippen molar-refractivity contribution in [3.8, 4) is 0 Å². The molecule has 0 saturated carbocycles. The van der Waals surface area contributed by atoms with Gasteiger partial charge >= 0.3 is 0 Å². The predicted molar refractivity (Wildman–Crippen MR) is 124 cm³/mol. The molecule has 1 aromatic heterocycles. The first-order valence-electron chi connectivity index (χ1n) is 8.52. The fourth-order valence-corrected chi connectivity index (χ4v) is 2.60. The highest BCUT2D eigenvalue weighted by atomic mass is 127. The highest BCUT2D eigenvalue weighted by Crippen LogP contribution is 2.11. The van der Waals surface area contributed by atoms with Crippen molar-refractivity contribution in [3.05, 3.63) is 64.4 Å². The van der Waals surface area contributed by atoms with Crippen LogP contribution in [-0.2, 0) is 6.54 Å². The molecule has 0 spiro atoms. The number of hydrogen-bond acceptors (Lipinski definition) is 3. The SMILES string of the molecule is CCNC(=NCCNC(=O)c1cccnc1)N(C)Cc1ccc(Br)cc1.I. The van der Waals surface area contributed by atoms with Gasteiger partial charge in [-0.15, -0.1) is 24.0 Å². The van der Waals surface area contributed by atoms with E-state index in [1.807, 2.05) is 26.1 Å². The number of amides is 1. The quantitative estimate of drug-likeness (QED) is 0.242. The first-order valence-corrected chi connectivity index (χ1v) is 9.31. The molecule has 1 aromatic carbocycles. The maximum atomic E-state index is 12.0. The Morgan fingerprint density at radius 1 is 1.22 bits per heavy atom. The molecular weight excluding hydrogens is 521 g/mol. The summed E-state index contributed by atoms with van der Waals surface area (Å²) in [5, 5.41) is 6.13. The van der Waals surface area contributed by atoms with Crippen LogP contribution in [0.5, 0.6) is 0 Å². The van der Waals surface area contributed by atoms with Crippen LogP contribution in [0.2, 0.25) is 0 Å². The molecular formula is C19H25BrIN5O. The van der Waals surface area contributed by atoms with Crippen LogP contribution in [0, 0.1) is 0 Å². The van der Waals surface area contributed by atoms with Crippen LogP contribution in [0.25, 0.3) is 0 Å². The summed E-state index contributed by atoms with van der Waals surface area (Å²) < 4.78 is 1.06. The molecule has 0 aliphatic heterocycles. The van der Waals surface area contributed by atoms with E-state index in [1.165, 1.54) is 5.56 Å². The number of nitrogens with zero attached hydrogens (tertiary/aromatic N) is 3. The zero-order chi connectivity index (χ0) is 18.8. The van der Waals surface area contributed by atoms with E-state index < -0.39 is 0 Å². The summed E-state index contributed by atoms with van der Waals surface area (Å²) in [6, 6.07) is 11.7. The van der Waals surface area contributed by atoms with Crippen molar-refractivity contribution in [3.63, 3.8) is 0 Å². The Morgan fingerprint density at radius 2 is 1.96 bits per heavy atom. The van der Waals surface area contributed by atoms with E-state index in [-0.39, 0.29) is 29.9 Å². The number of benzene rings is 1. The van der Waals surface area contributed by atoms with Crippen LogP contribution < -0.4 is 10.6 Å². The summed E-state index contributed by atoms with van der Waals surface area (Å²) in [6.07, 6.45) is 3.19. The Morgan fingerprint density at radius 3 is 2.59 bits per heavy atom. The van der Waals surface area contributed by atoms with E-state index in [0.717, 1.165) is 23.5 Å². The number of carbonyl (C=O) groups is 1. The Hall–Kier alpha value is -1.68. The molecule has 6 nitrogen and oxygen atoms in total. The van der Waals surface area contributed by atoms with E-state index in [0.29, 0.717) is 18.7 Å². The lowest BCUT2D eigenvalue weighted by molar-refractivity contribution is 0.0954. The summed E-state index contributed by atoms with van der Waals surface area (Å²) >= 11 is 3.45. The molecule has 0 radical (unpaired) electrons. The van der Waals surface area contributed by atoms with E-state index in [1.54, 1.807) is 24.5 Å². The van der Waals surface area contributed by atoms with Crippen molar-refractivity contribution in [1.82, 2.24) is 20.5 Å². The lowest BCUT2D eigenvalue weighted by atomic mass is 10.2. The average Bonchev–Trinajstić information content (AvgIpc) is 2.66. The second-order valence-corrected chi connectivity index (χ2v) is 6.63. The van der Waals surface area contributed by atoms with Crippen LogP contribution in [0.1, 0.15) is 22.8 Å². The van der Waals surface area contributed by atoms with E-state index >= 15 is 0 Å². The molecule has 0 atom stereocenters. The number of carbonyl (C=O) groups excluding carboxylic acids is 1.